The Morgan fingerprint density at radius 2 is 1.30 bits per heavy atom. The zero-order valence-corrected chi connectivity index (χ0v) is 12.1. The monoisotopic (exact) mass is 336 g/mol. The molecule has 0 unspecified atom stereocenters. The minimum Gasteiger partial charge on any atom is -0.480 e. The maximum atomic E-state index is 11.8. The quantitative estimate of drug-likeness (QED) is 0.191. The smallest absolute Gasteiger partial charge is 0.322 e. The highest BCUT2D eigenvalue weighted by Gasteiger charge is 2.27. The highest BCUT2D eigenvalue weighted by molar-refractivity contribution is 5.93. The zero-order chi connectivity index (χ0) is 18.0. The average molecular weight is 336 g/mol. The summed E-state index contributed by atoms with van der Waals surface area (Å²) in [5.41, 5.74) is 5.23. The zero-order valence-electron chi connectivity index (χ0n) is 12.1. The SMILES string of the molecule is N[C@@H](CO)C(=O)N[C@@H](CO)C(=O)N[C@@H](CO)C(=O)NCC(=O)O. The number of carboxylic acids is 1. The molecule has 0 saturated carbocycles. The standard InChI is InChI=1S/C11H20N4O8/c12-5(2-16)9(21)14-7(4-18)11(23)15-6(3-17)10(22)13-1-8(19)20/h5-7,16-18H,1-4,12H2,(H,13,22)(H,14,21)(H,15,23)(H,19,20)/t5-,6-,7-/m0/s1. The first kappa shape index (κ1) is 20.7. The summed E-state index contributed by atoms with van der Waals surface area (Å²) < 4.78 is 0. The number of nitrogens with one attached hydrogen (secondary N) is 3. The third-order valence-electron chi connectivity index (χ3n) is 2.58. The molecule has 0 heterocycles. The molecule has 0 rings (SSSR count). The van der Waals surface area contributed by atoms with E-state index in [1.54, 1.807) is 0 Å². The van der Waals surface area contributed by atoms with Gasteiger partial charge in [0.05, 0.1) is 19.8 Å². The van der Waals surface area contributed by atoms with E-state index in [1.807, 2.05) is 16.0 Å². The number of hydrogen-bond donors (Lipinski definition) is 8. The van der Waals surface area contributed by atoms with Gasteiger partial charge in [-0.3, -0.25) is 19.2 Å². The Kier molecular flexibility index (Phi) is 9.41. The number of aliphatic hydroxyl groups is 3. The number of carbonyl (C=O) groups is 4. The maximum absolute atomic E-state index is 11.8. The molecule has 0 aliphatic heterocycles. The van der Waals surface area contributed by atoms with Crippen LogP contribution in [0.2, 0.25) is 0 Å². The summed E-state index contributed by atoms with van der Waals surface area (Å²) in [6.07, 6.45) is 0. The molecule has 3 amide bonds. The molecule has 0 aliphatic carbocycles. The molecule has 23 heavy (non-hydrogen) atoms. The fraction of sp³-hybridized carbons (Fsp3) is 0.636. The van der Waals surface area contributed by atoms with E-state index in [1.165, 1.54) is 0 Å². The molecule has 132 valence electrons. The lowest BCUT2D eigenvalue weighted by atomic mass is 10.2. The number of aliphatic hydroxyl groups excluding tert-OH is 3. The van der Waals surface area contributed by atoms with Crippen molar-refractivity contribution in [3.8, 4) is 0 Å². The number of aliphatic carboxylic acids is 1. The minimum absolute atomic E-state index is 0.678. The predicted octanol–water partition coefficient (Wildman–Crippen LogP) is -5.54. The van der Waals surface area contributed by atoms with Crippen LogP contribution in [0.15, 0.2) is 0 Å². The fourth-order valence-corrected chi connectivity index (χ4v) is 1.31. The second-order valence-electron chi connectivity index (χ2n) is 4.39. The molecule has 0 aromatic rings. The van der Waals surface area contributed by atoms with Crippen LogP contribution in [-0.2, 0) is 19.2 Å². The minimum atomic E-state index is -1.47. The van der Waals surface area contributed by atoms with Gasteiger partial charge in [-0.1, -0.05) is 0 Å². The number of nitrogens with two attached hydrogens (primary N) is 1. The van der Waals surface area contributed by atoms with E-state index >= 15 is 0 Å². The van der Waals surface area contributed by atoms with Crippen molar-refractivity contribution in [3.05, 3.63) is 0 Å². The lowest BCUT2D eigenvalue weighted by Crippen LogP contribution is -2.58. The van der Waals surface area contributed by atoms with Crippen LogP contribution < -0.4 is 21.7 Å². The van der Waals surface area contributed by atoms with E-state index < -0.39 is 68.2 Å². The number of carboxylic acid groups (broad SMARTS) is 1. The first-order chi connectivity index (χ1) is 10.8. The van der Waals surface area contributed by atoms with Crippen molar-refractivity contribution in [3.63, 3.8) is 0 Å². The van der Waals surface area contributed by atoms with Crippen LogP contribution in [0.5, 0.6) is 0 Å². The topological polar surface area (TPSA) is 211 Å². The molecule has 12 nitrogen and oxygen atoms in total. The van der Waals surface area contributed by atoms with Gasteiger partial charge in [-0.25, -0.2) is 0 Å². The van der Waals surface area contributed by atoms with Gasteiger partial charge in [-0.15, -0.1) is 0 Å². The Balaban J connectivity index is 4.67. The summed E-state index contributed by atoms with van der Waals surface area (Å²) in [5, 5.41) is 41.3. The second-order valence-corrected chi connectivity index (χ2v) is 4.39. The maximum Gasteiger partial charge on any atom is 0.322 e. The predicted molar refractivity (Wildman–Crippen MR) is 73.7 cm³/mol. The lowest BCUT2D eigenvalue weighted by molar-refractivity contribution is -0.139. The van der Waals surface area contributed by atoms with Crippen LogP contribution in [0.4, 0.5) is 0 Å². The summed E-state index contributed by atoms with van der Waals surface area (Å²) in [6.45, 7) is -3.05. The van der Waals surface area contributed by atoms with E-state index in [2.05, 4.69) is 0 Å². The highest BCUT2D eigenvalue weighted by Crippen LogP contribution is 1.90. The third-order valence-corrected chi connectivity index (χ3v) is 2.58. The van der Waals surface area contributed by atoms with Crippen molar-refractivity contribution in [1.82, 2.24) is 16.0 Å². The molecule has 0 aromatic carbocycles. The molecular weight excluding hydrogens is 316 g/mol. The summed E-state index contributed by atoms with van der Waals surface area (Å²) in [7, 11) is 0. The number of amides is 3. The van der Waals surface area contributed by atoms with Crippen molar-refractivity contribution in [2.75, 3.05) is 26.4 Å². The summed E-state index contributed by atoms with van der Waals surface area (Å²) in [4.78, 5) is 45.1. The molecule has 12 heteroatoms. The number of carbonyl (C=O) groups excluding carboxylic acids is 3. The van der Waals surface area contributed by atoms with Gasteiger partial charge in [0, 0.05) is 0 Å². The Morgan fingerprint density at radius 1 is 0.826 bits per heavy atom. The van der Waals surface area contributed by atoms with Crippen molar-refractivity contribution < 1.29 is 39.6 Å². The second kappa shape index (κ2) is 10.4. The first-order valence-electron chi connectivity index (χ1n) is 6.45. The van der Waals surface area contributed by atoms with Gasteiger partial charge in [0.2, 0.25) is 17.7 Å². The van der Waals surface area contributed by atoms with Crippen LogP contribution in [0, 0.1) is 0 Å². The van der Waals surface area contributed by atoms with Gasteiger partial charge in [0.1, 0.15) is 24.7 Å². The molecule has 0 aliphatic rings. The van der Waals surface area contributed by atoms with Crippen molar-refractivity contribution in [1.29, 1.82) is 0 Å². The van der Waals surface area contributed by atoms with Crippen LogP contribution in [-0.4, -0.2) is 88.6 Å². The lowest BCUT2D eigenvalue weighted by Gasteiger charge is -2.21. The Hall–Kier alpha value is -2.28. The van der Waals surface area contributed by atoms with Crippen molar-refractivity contribution in [2.45, 2.75) is 18.1 Å². The van der Waals surface area contributed by atoms with Gasteiger partial charge in [-0.05, 0) is 0 Å². The van der Waals surface area contributed by atoms with E-state index in [4.69, 9.17) is 26.2 Å². The fourth-order valence-electron chi connectivity index (χ4n) is 1.31. The molecule has 0 bridgehead atoms. The van der Waals surface area contributed by atoms with Gasteiger partial charge in [-0.2, -0.15) is 0 Å². The molecule has 0 spiro atoms. The van der Waals surface area contributed by atoms with Gasteiger partial charge in [0.15, 0.2) is 0 Å². The largest absolute Gasteiger partial charge is 0.480 e. The van der Waals surface area contributed by atoms with Gasteiger partial charge in [0.25, 0.3) is 0 Å². The third kappa shape index (κ3) is 7.51. The number of hydrogen-bond acceptors (Lipinski definition) is 8. The summed E-state index contributed by atoms with van der Waals surface area (Å²) >= 11 is 0. The molecule has 0 saturated heterocycles. The van der Waals surface area contributed by atoms with Crippen LogP contribution in [0.1, 0.15) is 0 Å². The van der Waals surface area contributed by atoms with Gasteiger partial charge < -0.3 is 42.1 Å². The molecule has 9 N–H and O–H groups in total. The molecule has 3 atom stereocenters. The van der Waals surface area contributed by atoms with Crippen LogP contribution in [0.3, 0.4) is 0 Å². The summed E-state index contributed by atoms with van der Waals surface area (Å²) in [5.74, 6) is -4.19. The molecule has 0 radical (unpaired) electrons. The van der Waals surface area contributed by atoms with Gasteiger partial charge >= 0.3 is 5.97 Å². The van der Waals surface area contributed by atoms with Crippen molar-refractivity contribution in [2.24, 2.45) is 5.73 Å². The van der Waals surface area contributed by atoms with Crippen LogP contribution >= 0.6 is 0 Å². The number of rotatable bonds is 10. The molecular formula is C11H20N4O8. The van der Waals surface area contributed by atoms with E-state index in [-0.39, 0.29) is 0 Å². The first-order valence-corrected chi connectivity index (χ1v) is 6.45. The van der Waals surface area contributed by atoms with E-state index in [0.29, 0.717) is 0 Å². The van der Waals surface area contributed by atoms with Crippen molar-refractivity contribution >= 4 is 23.7 Å². The highest BCUT2D eigenvalue weighted by atomic mass is 16.4. The average Bonchev–Trinajstić information content (AvgIpc) is 2.53. The van der Waals surface area contributed by atoms with Crippen LogP contribution in [0.25, 0.3) is 0 Å². The molecule has 0 aromatic heterocycles. The van der Waals surface area contributed by atoms with E-state index in [9.17, 15) is 19.2 Å². The molecule has 0 fully saturated rings. The van der Waals surface area contributed by atoms with E-state index in [0.717, 1.165) is 0 Å². The Labute approximate surface area is 130 Å². The Bertz CT molecular complexity index is 444. The Morgan fingerprint density at radius 3 is 1.74 bits per heavy atom. The normalized spacial score (nSPS) is 14.3. The summed E-state index contributed by atoms with van der Waals surface area (Å²) in [6, 6.07) is -4.25.